The Labute approximate surface area is 188 Å². The van der Waals surface area contributed by atoms with Crippen molar-refractivity contribution in [1.82, 2.24) is 15.1 Å². The molecule has 2 unspecified atom stereocenters. The molecule has 28 heavy (non-hydrogen) atoms. The number of methoxy groups -OCH3 is 1. The van der Waals surface area contributed by atoms with E-state index in [2.05, 4.69) is 35.9 Å². The first-order valence-corrected chi connectivity index (χ1v) is 10.6. The zero-order valence-electron chi connectivity index (χ0n) is 18.2. The third-order valence-corrected chi connectivity index (χ3v) is 5.42. The summed E-state index contributed by atoms with van der Waals surface area (Å²) >= 11 is 0. The van der Waals surface area contributed by atoms with Crippen LogP contribution < -0.4 is 5.32 Å². The van der Waals surface area contributed by atoms with Gasteiger partial charge in [-0.25, -0.2) is 0 Å². The summed E-state index contributed by atoms with van der Waals surface area (Å²) in [6.45, 7) is 16.4. The monoisotopic (exact) mass is 512 g/mol. The summed E-state index contributed by atoms with van der Waals surface area (Å²) in [7, 11) is 1.71. The van der Waals surface area contributed by atoms with E-state index in [9.17, 15) is 0 Å². The lowest BCUT2D eigenvalue weighted by atomic mass is 10.0. The van der Waals surface area contributed by atoms with Gasteiger partial charge in [-0.3, -0.25) is 9.89 Å². The van der Waals surface area contributed by atoms with E-state index in [1.807, 2.05) is 0 Å². The molecule has 2 aliphatic heterocycles. The number of nitrogens with zero attached hydrogens (tertiary/aromatic N) is 3. The summed E-state index contributed by atoms with van der Waals surface area (Å²) in [6.07, 6.45) is 1.16. The van der Waals surface area contributed by atoms with Crippen LogP contribution in [0, 0.1) is 11.8 Å². The highest BCUT2D eigenvalue weighted by Gasteiger charge is 2.27. The molecule has 2 aliphatic rings. The first kappa shape index (κ1) is 25.9. The van der Waals surface area contributed by atoms with Gasteiger partial charge < -0.3 is 24.4 Å². The minimum Gasteiger partial charge on any atom is -0.382 e. The average molecular weight is 512 g/mol. The summed E-state index contributed by atoms with van der Waals surface area (Å²) in [5, 5.41) is 3.49. The molecule has 2 fully saturated rings. The Kier molecular flexibility index (Phi) is 13.6. The number of hydrogen-bond acceptors (Lipinski definition) is 5. The van der Waals surface area contributed by atoms with E-state index in [4.69, 9.17) is 19.2 Å². The second-order valence-corrected chi connectivity index (χ2v) is 7.82. The molecule has 0 aliphatic carbocycles. The first-order chi connectivity index (χ1) is 13.2. The molecule has 0 aromatic carbocycles. The second kappa shape index (κ2) is 14.8. The summed E-state index contributed by atoms with van der Waals surface area (Å²) in [6, 6.07) is 0.471. The zero-order chi connectivity index (χ0) is 19.5. The van der Waals surface area contributed by atoms with Crippen LogP contribution in [0.5, 0.6) is 0 Å². The molecule has 2 rings (SSSR count). The SMILES string of the molecule is CCNC(=NCC(C(C)C)N1CCOCC1)N1CCC(COCCOC)C1.I. The Bertz CT molecular complexity index is 434. The number of ether oxygens (including phenoxy) is 3. The number of rotatable bonds is 10. The molecular formula is C20H41IN4O3. The fourth-order valence-corrected chi connectivity index (χ4v) is 3.82. The molecule has 2 atom stereocenters. The van der Waals surface area contributed by atoms with Gasteiger partial charge in [0.2, 0.25) is 0 Å². The number of nitrogens with one attached hydrogen (secondary N) is 1. The van der Waals surface area contributed by atoms with Gasteiger partial charge in [-0.2, -0.15) is 0 Å². The summed E-state index contributed by atoms with van der Waals surface area (Å²) in [5.74, 6) is 2.21. The topological polar surface area (TPSA) is 58.6 Å². The molecule has 0 bridgehead atoms. The maximum Gasteiger partial charge on any atom is 0.193 e. The third-order valence-electron chi connectivity index (χ3n) is 5.42. The number of likely N-dealkylation sites (tertiary alicyclic amines) is 1. The third kappa shape index (κ3) is 8.69. The molecule has 166 valence electrons. The van der Waals surface area contributed by atoms with Crippen LogP contribution in [-0.2, 0) is 14.2 Å². The van der Waals surface area contributed by atoms with E-state index in [1.165, 1.54) is 0 Å². The zero-order valence-corrected chi connectivity index (χ0v) is 20.5. The number of aliphatic imine (C=N–C) groups is 1. The van der Waals surface area contributed by atoms with Crippen LogP contribution in [0.4, 0.5) is 0 Å². The lowest BCUT2D eigenvalue weighted by molar-refractivity contribution is 0.00863. The van der Waals surface area contributed by atoms with Crippen molar-refractivity contribution in [3.05, 3.63) is 0 Å². The molecule has 0 amide bonds. The van der Waals surface area contributed by atoms with E-state index in [0.29, 0.717) is 31.1 Å². The van der Waals surface area contributed by atoms with Gasteiger partial charge in [0.1, 0.15) is 0 Å². The lowest BCUT2D eigenvalue weighted by Gasteiger charge is -2.36. The van der Waals surface area contributed by atoms with Gasteiger partial charge in [-0.05, 0) is 19.3 Å². The summed E-state index contributed by atoms with van der Waals surface area (Å²) in [5.41, 5.74) is 0. The quantitative estimate of drug-likeness (QED) is 0.209. The maximum atomic E-state index is 5.72. The van der Waals surface area contributed by atoms with Gasteiger partial charge in [0.25, 0.3) is 0 Å². The summed E-state index contributed by atoms with van der Waals surface area (Å²) in [4.78, 5) is 9.96. The van der Waals surface area contributed by atoms with Crippen LogP contribution in [0.2, 0.25) is 0 Å². The van der Waals surface area contributed by atoms with Gasteiger partial charge in [-0.1, -0.05) is 13.8 Å². The van der Waals surface area contributed by atoms with E-state index in [1.54, 1.807) is 7.11 Å². The highest BCUT2D eigenvalue weighted by Crippen LogP contribution is 2.18. The van der Waals surface area contributed by atoms with E-state index >= 15 is 0 Å². The van der Waals surface area contributed by atoms with E-state index in [0.717, 1.165) is 71.5 Å². The van der Waals surface area contributed by atoms with Gasteiger partial charge in [0, 0.05) is 51.8 Å². The Balaban J connectivity index is 0.00000392. The molecule has 0 aromatic rings. The molecular weight excluding hydrogens is 471 g/mol. The minimum atomic E-state index is 0. The van der Waals surface area contributed by atoms with Crippen LogP contribution in [0.25, 0.3) is 0 Å². The Morgan fingerprint density at radius 3 is 2.61 bits per heavy atom. The molecule has 7 nitrogen and oxygen atoms in total. The smallest absolute Gasteiger partial charge is 0.193 e. The van der Waals surface area contributed by atoms with Crippen LogP contribution in [0.3, 0.4) is 0 Å². The molecule has 2 heterocycles. The highest BCUT2D eigenvalue weighted by molar-refractivity contribution is 14.0. The van der Waals surface area contributed by atoms with Crippen LogP contribution in [0.15, 0.2) is 4.99 Å². The van der Waals surface area contributed by atoms with Crippen LogP contribution in [-0.4, -0.2) is 101 Å². The number of hydrogen-bond donors (Lipinski definition) is 1. The normalized spacial score (nSPS) is 22.4. The maximum absolute atomic E-state index is 5.72. The fourth-order valence-electron chi connectivity index (χ4n) is 3.82. The predicted molar refractivity (Wildman–Crippen MR) is 125 cm³/mol. The molecule has 1 N–H and O–H groups in total. The molecule has 0 aromatic heterocycles. The predicted octanol–water partition coefficient (Wildman–Crippen LogP) is 1.91. The van der Waals surface area contributed by atoms with Crippen molar-refractivity contribution in [2.24, 2.45) is 16.8 Å². The Morgan fingerprint density at radius 2 is 1.96 bits per heavy atom. The van der Waals surface area contributed by atoms with Crippen molar-refractivity contribution in [2.75, 3.05) is 79.4 Å². The van der Waals surface area contributed by atoms with Gasteiger partial charge in [0.15, 0.2) is 5.96 Å². The van der Waals surface area contributed by atoms with Crippen molar-refractivity contribution in [2.45, 2.75) is 33.2 Å². The molecule has 2 saturated heterocycles. The number of halogens is 1. The standard InChI is InChI=1S/C20H40N4O3.HI/c1-5-21-20(24-7-6-18(15-24)16-27-13-12-25-4)22-14-19(17(2)3)23-8-10-26-11-9-23;/h17-19H,5-16H2,1-4H3,(H,21,22);1H. The van der Waals surface area contributed by atoms with Crippen molar-refractivity contribution >= 4 is 29.9 Å². The van der Waals surface area contributed by atoms with Gasteiger partial charge >= 0.3 is 0 Å². The van der Waals surface area contributed by atoms with Crippen molar-refractivity contribution in [3.8, 4) is 0 Å². The summed E-state index contributed by atoms with van der Waals surface area (Å²) < 4.78 is 16.3. The van der Waals surface area contributed by atoms with Crippen molar-refractivity contribution in [3.63, 3.8) is 0 Å². The second-order valence-electron chi connectivity index (χ2n) is 7.82. The Hall–Kier alpha value is -0.160. The molecule has 8 heteroatoms. The van der Waals surface area contributed by atoms with E-state index < -0.39 is 0 Å². The first-order valence-electron chi connectivity index (χ1n) is 10.6. The van der Waals surface area contributed by atoms with Crippen LogP contribution in [0.1, 0.15) is 27.2 Å². The largest absolute Gasteiger partial charge is 0.382 e. The lowest BCUT2D eigenvalue weighted by Crippen LogP contribution is -2.48. The van der Waals surface area contributed by atoms with Crippen LogP contribution >= 0.6 is 24.0 Å². The highest BCUT2D eigenvalue weighted by atomic mass is 127. The van der Waals surface area contributed by atoms with Crippen molar-refractivity contribution in [1.29, 1.82) is 0 Å². The van der Waals surface area contributed by atoms with Gasteiger partial charge in [-0.15, -0.1) is 24.0 Å². The molecule has 0 saturated carbocycles. The number of morpholine rings is 1. The molecule has 0 spiro atoms. The minimum absolute atomic E-state index is 0. The molecule has 0 radical (unpaired) electrons. The van der Waals surface area contributed by atoms with Crippen molar-refractivity contribution < 1.29 is 14.2 Å². The average Bonchev–Trinajstić information content (AvgIpc) is 3.14. The Morgan fingerprint density at radius 1 is 1.21 bits per heavy atom. The fraction of sp³-hybridized carbons (Fsp3) is 0.950. The van der Waals surface area contributed by atoms with Gasteiger partial charge in [0.05, 0.1) is 39.6 Å². The number of guanidine groups is 1. The van der Waals surface area contributed by atoms with E-state index in [-0.39, 0.29) is 24.0 Å².